The van der Waals surface area contributed by atoms with Crippen LogP contribution in [0.1, 0.15) is 16.1 Å². The highest BCUT2D eigenvalue weighted by atomic mass is 19.1. The average molecular weight is 382 g/mol. The summed E-state index contributed by atoms with van der Waals surface area (Å²) < 4.78 is 27.1. The van der Waals surface area contributed by atoms with Gasteiger partial charge in [0.1, 0.15) is 11.6 Å². The maximum Gasteiger partial charge on any atom is 0.339 e. The van der Waals surface area contributed by atoms with E-state index in [9.17, 15) is 13.6 Å². The second-order valence-corrected chi connectivity index (χ2v) is 5.93. The number of carboxylic acid groups (broad SMARTS) is 1. The Labute approximate surface area is 158 Å². The molecule has 0 amide bonds. The minimum Gasteiger partial charge on any atom is -0.478 e. The van der Waals surface area contributed by atoms with Gasteiger partial charge in [-0.25, -0.2) is 23.5 Å². The van der Waals surface area contributed by atoms with E-state index in [1.54, 1.807) is 37.4 Å². The number of nitrogens with two attached hydrogens (primary N) is 1. The Morgan fingerprint density at radius 1 is 1.11 bits per heavy atom. The molecule has 0 aliphatic rings. The van der Waals surface area contributed by atoms with E-state index in [0.717, 1.165) is 10.9 Å². The van der Waals surface area contributed by atoms with Crippen molar-refractivity contribution in [3.63, 3.8) is 0 Å². The Hall–Kier alpha value is -3.81. The Morgan fingerprint density at radius 3 is 2.54 bits per heavy atom. The molecule has 0 saturated carbocycles. The predicted octanol–water partition coefficient (Wildman–Crippen LogP) is 3.78. The SMILES string of the molecule is Cc1nc(-c2cccc(F)c2)ncc1C(=O)O.Nn1ccc2cc(F)ccc21. The number of carboxylic acids is 1. The van der Waals surface area contributed by atoms with Crippen LogP contribution in [-0.2, 0) is 0 Å². The van der Waals surface area contributed by atoms with Crippen molar-refractivity contribution in [1.82, 2.24) is 14.6 Å². The highest BCUT2D eigenvalue weighted by molar-refractivity contribution is 5.88. The molecule has 2 aromatic carbocycles. The van der Waals surface area contributed by atoms with Crippen molar-refractivity contribution in [1.29, 1.82) is 0 Å². The molecule has 4 rings (SSSR count). The molecule has 0 aliphatic heterocycles. The van der Waals surface area contributed by atoms with Crippen LogP contribution >= 0.6 is 0 Å². The Balaban J connectivity index is 0.000000176. The quantitative estimate of drug-likeness (QED) is 0.515. The molecule has 0 unspecified atom stereocenters. The largest absolute Gasteiger partial charge is 0.478 e. The zero-order chi connectivity index (χ0) is 20.3. The van der Waals surface area contributed by atoms with Gasteiger partial charge in [-0.1, -0.05) is 12.1 Å². The van der Waals surface area contributed by atoms with E-state index in [4.69, 9.17) is 10.9 Å². The predicted molar refractivity (Wildman–Crippen MR) is 101 cm³/mol. The van der Waals surface area contributed by atoms with Crippen LogP contribution in [0.3, 0.4) is 0 Å². The number of nitrogen functional groups attached to an aromatic ring is 1. The molecule has 8 heteroatoms. The first kappa shape index (κ1) is 19.0. The molecular formula is C20H16F2N4O2. The first-order valence-corrected chi connectivity index (χ1v) is 8.19. The fourth-order valence-corrected chi connectivity index (χ4v) is 2.58. The number of nitrogens with zero attached hydrogens (tertiary/aromatic N) is 3. The van der Waals surface area contributed by atoms with Crippen molar-refractivity contribution in [2.45, 2.75) is 6.92 Å². The molecule has 0 radical (unpaired) electrons. The third-order valence-corrected chi connectivity index (χ3v) is 3.97. The maximum absolute atomic E-state index is 13.0. The van der Waals surface area contributed by atoms with E-state index in [2.05, 4.69) is 9.97 Å². The highest BCUT2D eigenvalue weighted by Crippen LogP contribution is 2.17. The number of benzene rings is 2. The van der Waals surface area contributed by atoms with Gasteiger partial charge in [0.25, 0.3) is 0 Å². The van der Waals surface area contributed by atoms with Crippen LogP contribution in [0.25, 0.3) is 22.3 Å². The number of aryl methyl sites for hydroxylation is 1. The van der Waals surface area contributed by atoms with Crippen molar-refractivity contribution in [3.05, 3.63) is 83.8 Å². The molecule has 0 aliphatic carbocycles. The monoisotopic (exact) mass is 382 g/mol. The molecule has 28 heavy (non-hydrogen) atoms. The van der Waals surface area contributed by atoms with E-state index in [-0.39, 0.29) is 17.2 Å². The zero-order valence-electron chi connectivity index (χ0n) is 14.8. The number of aromatic carboxylic acids is 1. The van der Waals surface area contributed by atoms with Crippen molar-refractivity contribution in [2.75, 3.05) is 5.84 Å². The van der Waals surface area contributed by atoms with E-state index >= 15 is 0 Å². The summed E-state index contributed by atoms with van der Waals surface area (Å²) in [6, 6.07) is 12.1. The fraction of sp³-hybridized carbons (Fsp3) is 0.0500. The maximum atomic E-state index is 13.0. The Morgan fingerprint density at radius 2 is 1.86 bits per heavy atom. The summed E-state index contributed by atoms with van der Waals surface area (Å²) in [7, 11) is 0. The van der Waals surface area contributed by atoms with E-state index in [1.165, 1.54) is 35.1 Å². The van der Waals surface area contributed by atoms with Crippen LogP contribution < -0.4 is 5.84 Å². The number of carbonyl (C=O) groups is 1. The van der Waals surface area contributed by atoms with Crippen LogP contribution in [0.4, 0.5) is 8.78 Å². The van der Waals surface area contributed by atoms with Crippen LogP contribution in [0.5, 0.6) is 0 Å². The second kappa shape index (κ2) is 7.83. The van der Waals surface area contributed by atoms with Gasteiger partial charge in [-0.15, -0.1) is 0 Å². The zero-order valence-corrected chi connectivity index (χ0v) is 14.8. The smallest absolute Gasteiger partial charge is 0.339 e. The van der Waals surface area contributed by atoms with Gasteiger partial charge < -0.3 is 10.9 Å². The number of rotatable bonds is 2. The summed E-state index contributed by atoms with van der Waals surface area (Å²) in [5.41, 5.74) is 1.76. The standard InChI is InChI=1S/C12H9FN2O2.C8H7FN2/c1-7-10(12(16)17)6-14-11(15-7)8-3-2-4-9(13)5-8;9-7-1-2-8-6(5-7)3-4-11(8)10/h2-6H,1H3,(H,16,17);1-5H,10H2. The normalized spacial score (nSPS) is 10.4. The van der Waals surface area contributed by atoms with Crippen molar-refractivity contribution < 1.29 is 18.7 Å². The lowest BCUT2D eigenvalue weighted by atomic mass is 10.2. The minimum atomic E-state index is -1.08. The number of aromatic nitrogens is 3. The summed E-state index contributed by atoms with van der Waals surface area (Å²) in [6.07, 6.45) is 2.93. The van der Waals surface area contributed by atoms with Gasteiger partial charge in [0.15, 0.2) is 5.82 Å². The lowest BCUT2D eigenvalue weighted by Gasteiger charge is -2.03. The summed E-state index contributed by atoms with van der Waals surface area (Å²) in [4.78, 5) is 18.7. The van der Waals surface area contributed by atoms with Gasteiger partial charge >= 0.3 is 5.97 Å². The molecule has 0 saturated heterocycles. The Bertz CT molecular complexity index is 1160. The van der Waals surface area contributed by atoms with E-state index < -0.39 is 5.97 Å². The molecule has 2 heterocycles. The molecular weight excluding hydrogens is 366 g/mol. The van der Waals surface area contributed by atoms with Gasteiger partial charge in [0, 0.05) is 23.3 Å². The minimum absolute atomic E-state index is 0.0464. The molecule has 0 spiro atoms. The van der Waals surface area contributed by atoms with Gasteiger partial charge in [0.05, 0.1) is 16.8 Å². The first-order chi connectivity index (χ1) is 13.3. The van der Waals surface area contributed by atoms with Crippen LogP contribution in [0.2, 0.25) is 0 Å². The van der Waals surface area contributed by atoms with E-state index in [1.807, 2.05) is 0 Å². The summed E-state index contributed by atoms with van der Waals surface area (Å²) in [6.45, 7) is 1.58. The molecule has 0 fully saturated rings. The van der Waals surface area contributed by atoms with Gasteiger partial charge in [-0.2, -0.15) is 0 Å². The summed E-state index contributed by atoms with van der Waals surface area (Å²) in [5, 5.41) is 9.66. The second-order valence-electron chi connectivity index (χ2n) is 5.93. The molecule has 3 N–H and O–H groups in total. The van der Waals surface area contributed by atoms with Crippen molar-refractivity contribution in [2.24, 2.45) is 0 Å². The Kier molecular flexibility index (Phi) is 5.30. The molecule has 6 nitrogen and oxygen atoms in total. The number of fused-ring (bicyclic) bond motifs is 1. The van der Waals surface area contributed by atoms with Crippen molar-refractivity contribution >= 4 is 16.9 Å². The van der Waals surface area contributed by atoms with Crippen molar-refractivity contribution in [3.8, 4) is 11.4 Å². The number of hydrogen-bond acceptors (Lipinski definition) is 4. The lowest BCUT2D eigenvalue weighted by Crippen LogP contribution is -2.04. The molecule has 4 aromatic rings. The third kappa shape index (κ3) is 4.12. The average Bonchev–Trinajstić information content (AvgIpc) is 3.02. The van der Waals surface area contributed by atoms with Crippen LogP contribution in [-0.4, -0.2) is 25.7 Å². The fourth-order valence-electron chi connectivity index (χ4n) is 2.58. The molecule has 142 valence electrons. The van der Waals surface area contributed by atoms with Gasteiger partial charge in [-0.05, 0) is 43.3 Å². The molecule has 0 atom stereocenters. The molecule has 2 aromatic heterocycles. The third-order valence-electron chi connectivity index (χ3n) is 3.97. The van der Waals surface area contributed by atoms with E-state index in [0.29, 0.717) is 17.1 Å². The summed E-state index contributed by atoms with van der Waals surface area (Å²) in [5.74, 6) is 4.14. The summed E-state index contributed by atoms with van der Waals surface area (Å²) >= 11 is 0. The highest BCUT2D eigenvalue weighted by Gasteiger charge is 2.11. The van der Waals surface area contributed by atoms with Gasteiger partial charge in [0.2, 0.25) is 0 Å². The molecule has 0 bridgehead atoms. The number of hydrogen-bond donors (Lipinski definition) is 2. The lowest BCUT2D eigenvalue weighted by molar-refractivity contribution is 0.0695. The van der Waals surface area contributed by atoms with Crippen LogP contribution in [0.15, 0.2) is 60.9 Å². The topological polar surface area (TPSA) is 94.0 Å². The number of halogens is 2. The van der Waals surface area contributed by atoms with Gasteiger partial charge in [-0.3, -0.25) is 4.68 Å². The van der Waals surface area contributed by atoms with Crippen LogP contribution in [0, 0.1) is 18.6 Å². The first-order valence-electron chi connectivity index (χ1n) is 8.19.